The highest BCUT2D eigenvalue weighted by Gasteiger charge is 2.01. The van der Waals surface area contributed by atoms with Gasteiger partial charge in [-0.25, -0.2) is 0 Å². The summed E-state index contributed by atoms with van der Waals surface area (Å²) in [7, 11) is 1.68. The minimum Gasteiger partial charge on any atom is -0.382 e. The fourth-order valence-electron chi connectivity index (χ4n) is 2.13. The number of hydrogen-bond donors (Lipinski definition) is 1. The lowest BCUT2D eigenvalue weighted by Crippen LogP contribution is -2.06. The lowest BCUT2D eigenvalue weighted by molar-refractivity contribution is 0.0681. The van der Waals surface area contributed by atoms with Crippen molar-refractivity contribution in [1.82, 2.24) is 4.57 Å². The van der Waals surface area contributed by atoms with Gasteiger partial charge in [0.25, 0.3) is 0 Å². The maximum absolute atomic E-state index is 5.69. The minimum absolute atomic E-state index is 0.585. The van der Waals surface area contributed by atoms with Crippen molar-refractivity contribution in [1.29, 1.82) is 0 Å². The van der Waals surface area contributed by atoms with Gasteiger partial charge in [-0.2, -0.15) is 0 Å². The van der Waals surface area contributed by atoms with Gasteiger partial charge in [-0.15, -0.1) is 0 Å². The van der Waals surface area contributed by atoms with E-state index in [0.29, 0.717) is 19.8 Å². The van der Waals surface area contributed by atoms with Gasteiger partial charge in [0.2, 0.25) is 0 Å². The molecule has 0 bridgehead atoms. The summed E-state index contributed by atoms with van der Waals surface area (Å²) in [6.45, 7) is 3.64. The Morgan fingerprint density at radius 2 is 2.05 bits per heavy atom. The lowest BCUT2D eigenvalue weighted by atomic mass is 10.1. The molecule has 104 valence electrons. The molecular weight excluding hydrogens is 240 g/mol. The smallest absolute Gasteiger partial charge is 0.0700 e. The van der Waals surface area contributed by atoms with Crippen LogP contribution in [0.2, 0.25) is 0 Å². The summed E-state index contributed by atoms with van der Waals surface area (Å²) in [5, 5.41) is 1.26. The van der Waals surface area contributed by atoms with Crippen LogP contribution >= 0.6 is 0 Å². The van der Waals surface area contributed by atoms with Crippen molar-refractivity contribution in [2.24, 2.45) is 5.73 Å². The Morgan fingerprint density at radius 3 is 2.84 bits per heavy atom. The van der Waals surface area contributed by atoms with Crippen molar-refractivity contribution in [2.45, 2.75) is 19.5 Å². The molecule has 19 heavy (non-hydrogen) atoms. The first-order valence-electron chi connectivity index (χ1n) is 6.69. The molecule has 0 aliphatic carbocycles. The van der Waals surface area contributed by atoms with Gasteiger partial charge in [0.15, 0.2) is 0 Å². The molecule has 2 N–H and O–H groups in total. The molecule has 0 fully saturated rings. The first kappa shape index (κ1) is 14.1. The van der Waals surface area contributed by atoms with E-state index in [1.54, 1.807) is 7.11 Å². The van der Waals surface area contributed by atoms with E-state index in [4.69, 9.17) is 15.2 Å². The standard InChI is InChI=1S/C15H22N2O2/c1-18-9-10-19-8-2-6-17-7-5-14-4-3-13(12-16)11-15(14)17/h3-5,7,11H,2,6,8-10,12,16H2,1H3. The minimum atomic E-state index is 0.585. The summed E-state index contributed by atoms with van der Waals surface area (Å²) < 4.78 is 12.7. The SMILES string of the molecule is COCCOCCCn1ccc2ccc(CN)cc21. The summed E-state index contributed by atoms with van der Waals surface area (Å²) in [6.07, 6.45) is 3.13. The third kappa shape index (κ3) is 3.80. The molecule has 1 aromatic heterocycles. The van der Waals surface area contributed by atoms with Crippen molar-refractivity contribution < 1.29 is 9.47 Å². The van der Waals surface area contributed by atoms with Crippen LogP contribution in [-0.2, 0) is 22.6 Å². The Hall–Kier alpha value is -1.36. The molecule has 0 aliphatic rings. The normalized spacial score (nSPS) is 11.3. The topological polar surface area (TPSA) is 49.4 Å². The highest BCUT2D eigenvalue weighted by molar-refractivity contribution is 5.80. The van der Waals surface area contributed by atoms with Crippen LogP contribution in [-0.4, -0.2) is 31.5 Å². The monoisotopic (exact) mass is 262 g/mol. The Labute approximate surface area is 114 Å². The molecule has 0 saturated carbocycles. The number of nitrogens with two attached hydrogens (primary N) is 1. The van der Waals surface area contributed by atoms with Crippen molar-refractivity contribution in [3.8, 4) is 0 Å². The number of aromatic nitrogens is 1. The molecule has 1 heterocycles. The zero-order valence-corrected chi connectivity index (χ0v) is 11.5. The van der Waals surface area contributed by atoms with Crippen LogP contribution in [0.5, 0.6) is 0 Å². The highest BCUT2D eigenvalue weighted by Crippen LogP contribution is 2.18. The number of benzene rings is 1. The van der Waals surface area contributed by atoms with E-state index in [2.05, 4.69) is 35.0 Å². The molecule has 0 aliphatic heterocycles. The van der Waals surface area contributed by atoms with Crippen LogP contribution in [0.1, 0.15) is 12.0 Å². The van der Waals surface area contributed by atoms with E-state index in [0.717, 1.165) is 19.6 Å². The Kier molecular flexibility index (Phi) is 5.39. The molecule has 0 radical (unpaired) electrons. The van der Waals surface area contributed by atoms with Gasteiger partial charge in [-0.05, 0) is 29.5 Å². The van der Waals surface area contributed by atoms with E-state index in [1.807, 2.05) is 0 Å². The van der Waals surface area contributed by atoms with Gasteiger partial charge in [-0.1, -0.05) is 12.1 Å². The van der Waals surface area contributed by atoms with Gasteiger partial charge < -0.3 is 19.8 Å². The molecule has 4 nitrogen and oxygen atoms in total. The number of aryl methyl sites for hydroxylation is 1. The average Bonchev–Trinajstić information content (AvgIpc) is 2.85. The average molecular weight is 262 g/mol. The molecule has 2 rings (SSSR count). The highest BCUT2D eigenvalue weighted by atomic mass is 16.5. The van der Waals surface area contributed by atoms with Gasteiger partial charge in [0.1, 0.15) is 0 Å². The van der Waals surface area contributed by atoms with Crippen LogP contribution in [0.3, 0.4) is 0 Å². The first-order valence-corrected chi connectivity index (χ1v) is 6.69. The Balaban J connectivity index is 1.89. The number of fused-ring (bicyclic) bond motifs is 1. The molecule has 0 unspecified atom stereocenters. The van der Waals surface area contributed by atoms with Crippen molar-refractivity contribution >= 4 is 10.9 Å². The van der Waals surface area contributed by atoms with Gasteiger partial charge in [0, 0.05) is 38.5 Å². The summed E-state index contributed by atoms with van der Waals surface area (Å²) in [5.41, 5.74) is 8.11. The number of nitrogens with zero attached hydrogens (tertiary/aromatic N) is 1. The van der Waals surface area contributed by atoms with E-state index in [1.165, 1.54) is 16.5 Å². The zero-order valence-electron chi connectivity index (χ0n) is 11.5. The van der Waals surface area contributed by atoms with E-state index < -0.39 is 0 Å². The van der Waals surface area contributed by atoms with E-state index in [9.17, 15) is 0 Å². The van der Waals surface area contributed by atoms with Crippen molar-refractivity contribution in [3.05, 3.63) is 36.0 Å². The molecule has 2 aromatic rings. The second-order valence-corrected chi connectivity index (χ2v) is 4.57. The van der Waals surface area contributed by atoms with Crippen LogP contribution in [0, 0.1) is 0 Å². The maximum atomic E-state index is 5.69. The summed E-state index contributed by atoms with van der Waals surface area (Å²) in [5.74, 6) is 0. The first-order chi connectivity index (χ1) is 9.35. The summed E-state index contributed by atoms with van der Waals surface area (Å²) in [4.78, 5) is 0. The van der Waals surface area contributed by atoms with Crippen LogP contribution < -0.4 is 5.73 Å². The maximum Gasteiger partial charge on any atom is 0.0700 e. The molecule has 0 atom stereocenters. The van der Waals surface area contributed by atoms with Crippen LogP contribution in [0.4, 0.5) is 0 Å². The Morgan fingerprint density at radius 1 is 1.16 bits per heavy atom. The van der Waals surface area contributed by atoms with Crippen molar-refractivity contribution in [2.75, 3.05) is 26.9 Å². The van der Waals surface area contributed by atoms with Gasteiger partial charge in [-0.3, -0.25) is 0 Å². The summed E-state index contributed by atoms with van der Waals surface area (Å²) in [6, 6.07) is 8.52. The third-order valence-corrected chi connectivity index (χ3v) is 3.19. The predicted molar refractivity (Wildman–Crippen MR) is 77.1 cm³/mol. The lowest BCUT2D eigenvalue weighted by Gasteiger charge is -2.07. The zero-order chi connectivity index (χ0) is 13.5. The Bertz CT molecular complexity index is 508. The van der Waals surface area contributed by atoms with Crippen molar-refractivity contribution in [3.63, 3.8) is 0 Å². The third-order valence-electron chi connectivity index (χ3n) is 3.19. The molecule has 1 aromatic carbocycles. The fourth-order valence-corrected chi connectivity index (χ4v) is 2.13. The molecule has 0 saturated heterocycles. The number of ether oxygens (including phenoxy) is 2. The molecular formula is C15H22N2O2. The van der Waals surface area contributed by atoms with Gasteiger partial charge >= 0.3 is 0 Å². The predicted octanol–water partition coefficient (Wildman–Crippen LogP) is 2.15. The molecule has 0 amide bonds. The van der Waals surface area contributed by atoms with E-state index >= 15 is 0 Å². The van der Waals surface area contributed by atoms with Crippen LogP contribution in [0.25, 0.3) is 10.9 Å². The molecule has 0 spiro atoms. The molecule has 4 heteroatoms. The largest absolute Gasteiger partial charge is 0.382 e. The fraction of sp³-hybridized carbons (Fsp3) is 0.467. The van der Waals surface area contributed by atoms with Gasteiger partial charge in [0.05, 0.1) is 13.2 Å². The number of methoxy groups -OCH3 is 1. The van der Waals surface area contributed by atoms with Crippen LogP contribution in [0.15, 0.2) is 30.5 Å². The summed E-state index contributed by atoms with van der Waals surface area (Å²) >= 11 is 0. The quantitative estimate of drug-likeness (QED) is 0.742. The number of rotatable bonds is 8. The number of hydrogen-bond acceptors (Lipinski definition) is 3. The van der Waals surface area contributed by atoms with E-state index in [-0.39, 0.29) is 0 Å². The second kappa shape index (κ2) is 7.28. The second-order valence-electron chi connectivity index (χ2n) is 4.57.